The number of ether oxygens (including phenoxy) is 1. The molecule has 0 atom stereocenters. The molecule has 0 saturated carbocycles. The van der Waals surface area contributed by atoms with E-state index in [0.29, 0.717) is 6.61 Å². The first-order valence-corrected chi connectivity index (χ1v) is 5.57. The minimum absolute atomic E-state index is 0.548. The van der Waals surface area contributed by atoms with E-state index in [2.05, 4.69) is 5.10 Å². The van der Waals surface area contributed by atoms with Crippen LogP contribution in [0.4, 0.5) is 0 Å². The summed E-state index contributed by atoms with van der Waals surface area (Å²) >= 11 is 0. The van der Waals surface area contributed by atoms with Gasteiger partial charge in [-0.05, 0) is 35.4 Å². The average molecular weight is 242 g/mol. The highest BCUT2D eigenvalue weighted by Gasteiger charge is 1.95. The van der Waals surface area contributed by atoms with Gasteiger partial charge >= 0.3 is 0 Å². The number of hydrogen-bond acceptors (Lipinski definition) is 4. The van der Waals surface area contributed by atoms with Crippen LogP contribution in [0.3, 0.4) is 0 Å². The fraction of sp³-hybridized carbons (Fsp3) is 0.0714. The van der Waals surface area contributed by atoms with Crippen molar-refractivity contribution in [1.82, 2.24) is 5.59 Å². The van der Waals surface area contributed by atoms with Gasteiger partial charge in [-0.3, -0.25) is 5.21 Å². The fourth-order valence-corrected chi connectivity index (χ4v) is 1.49. The molecule has 0 spiro atoms. The number of hydrogen-bond donors (Lipinski definition) is 2. The zero-order valence-electron chi connectivity index (χ0n) is 9.78. The second-order valence-electron chi connectivity index (χ2n) is 3.70. The maximum Gasteiger partial charge on any atom is 0.119 e. The van der Waals surface area contributed by atoms with Gasteiger partial charge < -0.3 is 4.74 Å². The van der Waals surface area contributed by atoms with Crippen molar-refractivity contribution in [1.29, 1.82) is 0 Å². The Labute approximate surface area is 105 Å². The van der Waals surface area contributed by atoms with Gasteiger partial charge in [-0.15, -0.1) is 0 Å². The Bertz CT molecular complexity index is 495. The van der Waals surface area contributed by atoms with Crippen LogP contribution in [0.25, 0.3) is 0 Å². The first-order valence-electron chi connectivity index (χ1n) is 5.57. The van der Waals surface area contributed by atoms with Crippen LogP contribution in [0.15, 0.2) is 59.7 Å². The molecule has 0 aromatic heterocycles. The SMILES string of the molecule is ONN=Cc1ccc(OCc2ccccc2)cc1. The number of rotatable bonds is 5. The molecule has 18 heavy (non-hydrogen) atoms. The second-order valence-corrected chi connectivity index (χ2v) is 3.70. The van der Waals surface area contributed by atoms with Crippen molar-refractivity contribution < 1.29 is 9.94 Å². The molecule has 0 bridgehead atoms. The van der Waals surface area contributed by atoms with Gasteiger partial charge in [0.25, 0.3) is 0 Å². The summed E-state index contributed by atoms with van der Waals surface area (Å²) in [7, 11) is 0. The Kier molecular flexibility index (Phi) is 4.33. The lowest BCUT2D eigenvalue weighted by molar-refractivity contribution is 0.173. The van der Waals surface area contributed by atoms with E-state index in [1.165, 1.54) is 6.21 Å². The first kappa shape index (κ1) is 12.1. The summed E-state index contributed by atoms with van der Waals surface area (Å²) in [5.41, 5.74) is 3.73. The molecule has 4 heteroatoms. The molecule has 0 aliphatic rings. The van der Waals surface area contributed by atoms with Crippen molar-refractivity contribution in [2.24, 2.45) is 5.10 Å². The summed E-state index contributed by atoms with van der Waals surface area (Å²) in [6.07, 6.45) is 1.51. The predicted molar refractivity (Wildman–Crippen MR) is 69.7 cm³/mol. The van der Waals surface area contributed by atoms with Crippen LogP contribution in [-0.2, 0) is 6.61 Å². The predicted octanol–water partition coefficient (Wildman–Crippen LogP) is 2.58. The highest BCUT2D eigenvalue weighted by atomic mass is 16.5. The zero-order chi connectivity index (χ0) is 12.6. The standard InChI is InChI=1S/C14H14N2O2/c17-16-15-10-12-6-8-14(9-7-12)18-11-13-4-2-1-3-5-13/h1-10,16-17H,11H2. The van der Waals surface area contributed by atoms with Gasteiger partial charge in [-0.2, -0.15) is 10.7 Å². The monoisotopic (exact) mass is 242 g/mol. The van der Waals surface area contributed by atoms with Gasteiger partial charge in [0.2, 0.25) is 0 Å². The van der Waals surface area contributed by atoms with E-state index in [9.17, 15) is 0 Å². The summed E-state index contributed by atoms with van der Waals surface area (Å²) in [5, 5.41) is 11.8. The smallest absolute Gasteiger partial charge is 0.119 e. The Balaban J connectivity index is 1.92. The Hall–Kier alpha value is -2.33. The molecule has 0 heterocycles. The Morgan fingerprint density at radius 2 is 1.78 bits per heavy atom. The molecule has 0 aliphatic carbocycles. The molecule has 2 aromatic carbocycles. The normalized spacial score (nSPS) is 10.5. The highest BCUT2D eigenvalue weighted by Crippen LogP contribution is 2.13. The molecule has 0 fully saturated rings. The number of hydrazone groups is 1. The van der Waals surface area contributed by atoms with E-state index >= 15 is 0 Å². The van der Waals surface area contributed by atoms with Crippen molar-refractivity contribution in [2.45, 2.75) is 6.61 Å². The first-order chi connectivity index (χ1) is 8.88. The van der Waals surface area contributed by atoms with Crippen LogP contribution >= 0.6 is 0 Å². The van der Waals surface area contributed by atoms with Gasteiger partial charge in [0, 0.05) is 0 Å². The third-order valence-corrected chi connectivity index (χ3v) is 2.40. The highest BCUT2D eigenvalue weighted by molar-refractivity contribution is 5.79. The number of nitrogens with one attached hydrogen (secondary N) is 1. The molecular weight excluding hydrogens is 228 g/mol. The molecule has 0 radical (unpaired) electrons. The third-order valence-electron chi connectivity index (χ3n) is 2.40. The lowest BCUT2D eigenvalue weighted by Gasteiger charge is -2.06. The van der Waals surface area contributed by atoms with Crippen molar-refractivity contribution in [2.75, 3.05) is 0 Å². The maximum atomic E-state index is 8.32. The van der Waals surface area contributed by atoms with E-state index in [4.69, 9.17) is 9.94 Å². The summed E-state index contributed by atoms with van der Waals surface area (Å²) in [5.74, 6) is 0.799. The molecule has 0 aliphatic heterocycles. The van der Waals surface area contributed by atoms with Gasteiger partial charge in [-0.25, -0.2) is 0 Å². The van der Waals surface area contributed by atoms with Crippen molar-refractivity contribution in [3.8, 4) is 5.75 Å². The second kappa shape index (κ2) is 6.42. The molecule has 2 N–H and O–H groups in total. The minimum Gasteiger partial charge on any atom is -0.489 e. The Morgan fingerprint density at radius 3 is 2.44 bits per heavy atom. The maximum absolute atomic E-state index is 8.32. The van der Waals surface area contributed by atoms with Crippen LogP contribution < -0.4 is 10.3 Å². The summed E-state index contributed by atoms with van der Waals surface area (Å²) in [6.45, 7) is 0.548. The summed E-state index contributed by atoms with van der Waals surface area (Å²) in [6, 6.07) is 17.4. The van der Waals surface area contributed by atoms with Crippen LogP contribution in [0.1, 0.15) is 11.1 Å². The van der Waals surface area contributed by atoms with E-state index in [1.807, 2.05) is 54.6 Å². The van der Waals surface area contributed by atoms with E-state index in [-0.39, 0.29) is 0 Å². The molecule has 0 amide bonds. The van der Waals surface area contributed by atoms with Gasteiger partial charge in [0.15, 0.2) is 0 Å². The lowest BCUT2D eigenvalue weighted by atomic mass is 10.2. The quantitative estimate of drug-likeness (QED) is 0.626. The fourth-order valence-electron chi connectivity index (χ4n) is 1.49. The van der Waals surface area contributed by atoms with Crippen LogP contribution in [-0.4, -0.2) is 11.4 Å². The molecule has 0 unspecified atom stereocenters. The van der Waals surface area contributed by atoms with Crippen LogP contribution in [0.5, 0.6) is 5.75 Å². The molecule has 2 aromatic rings. The number of benzene rings is 2. The third kappa shape index (κ3) is 3.61. The van der Waals surface area contributed by atoms with E-state index in [1.54, 1.807) is 5.59 Å². The largest absolute Gasteiger partial charge is 0.489 e. The molecule has 0 saturated heterocycles. The zero-order valence-corrected chi connectivity index (χ0v) is 9.78. The van der Waals surface area contributed by atoms with Gasteiger partial charge in [-0.1, -0.05) is 30.3 Å². The van der Waals surface area contributed by atoms with Crippen molar-refractivity contribution >= 4 is 6.21 Å². The van der Waals surface area contributed by atoms with Crippen molar-refractivity contribution in [3.63, 3.8) is 0 Å². The topological polar surface area (TPSA) is 53.8 Å². The van der Waals surface area contributed by atoms with E-state index < -0.39 is 0 Å². The Morgan fingerprint density at radius 1 is 1.06 bits per heavy atom. The van der Waals surface area contributed by atoms with Crippen LogP contribution in [0.2, 0.25) is 0 Å². The number of nitrogens with zero attached hydrogens (tertiary/aromatic N) is 1. The minimum atomic E-state index is 0.548. The van der Waals surface area contributed by atoms with Gasteiger partial charge in [0.05, 0.1) is 6.21 Å². The lowest BCUT2D eigenvalue weighted by Crippen LogP contribution is -1.97. The molecular formula is C14H14N2O2. The van der Waals surface area contributed by atoms with E-state index in [0.717, 1.165) is 16.9 Å². The average Bonchev–Trinajstić information content (AvgIpc) is 2.45. The van der Waals surface area contributed by atoms with Crippen molar-refractivity contribution in [3.05, 3.63) is 65.7 Å². The molecule has 4 nitrogen and oxygen atoms in total. The van der Waals surface area contributed by atoms with Gasteiger partial charge in [0.1, 0.15) is 12.4 Å². The van der Waals surface area contributed by atoms with Crippen LogP contribution in [0, 0.1) is 0 Å². The molecule has 92 valence electrons. The summed E-state index contributed by atoms with van der Waals surface area (Å²) in [4.78, 5) is 0. The summed E-state index contributed by atoms with van der Waals surface area (Å²) < 4.78 is 5.64. The molecule has 2 rings (SSSR count).